The molecule has 2 heterocycles. The summed E-state index contributed by atoms with van der Waals surface area (Å²) in [5.41, 5.74) is 7.56. The van der Waals surface area contributed by atoms with E-state index in [4.69, 9.17) is 40.5 Å². The number of hydrogen-bond acceptors (Lipinski definition) is 5. The third-order valence-electron chi connectivity index (χ3n) is 4.66. The maximum Gasteiger partial charge on any atom is 0.409 e. The van der Waals surface area contributed by atoms with Crippen molar-refractivity contribution in [1.82, 2.24) is 14.8 Å². The first-order valence-corrected chi connectivity index (χ1v) is 10.2. The molecule has 1 aliphatic heterocycles. The van der Waals surface area contributed by atoms with E-state index >= 15 is 0 Å². The summed E-state index contributed by atoms with van der Waals surface area (Å²) < 4.78 is 45.9. The van der Waals surface area contributed by atoms with Crippen LogP contribution >= 0.6 is 46.8 Å². The number of anilines is 1. The van der Waals surface area contributed by atoms with Gasteiger partial charge in [0, 0.05) is 6.42 Å². The van der Waals surface area contributed by atoms with E-state index in [1.807, 2.05) is 0 Å². The summed E-state index contributed by atoms with van der Waals surface area (Å²) in [6.45, 7) is 0. The van der Waals surface area contributed by atoms with Gasteiger partial charge < -0.3 is 5.73 Å². The van der Waals surface area contributed by atoms with Crippen LogP contribution in [0.4, 0.5) is 18.9 Å². The van der Waals surface area contributed by atoms with Crippen molar-refractivity contribution in [3.63, 3.8) is 0 Å². The molecule has 30 heavy (non-hydrogen) atoms. The first-order chi connectivity index (χ1) is 14.1. The molecule has 12 heteroatoms. The Bertz CT molecular complexity index is 1130. The third-order valence-corrected chi connectivity index (χ3v) is 7.09. The van der Waals surface area contributed by atoms with Crippen LogP contribution in [0.2, 0.25) is 15.1 Å². The van der Waals surface area contributed by atoms with Gasteiger partial charge in [-0.3, -0.25) is 0 Å². The Morgan fingerprint density at radius 3 is 2.37 bits per heavy atom. The molecule has 0 bridgehead atoms. The quantitative estimate of drug-likeness (QED) is 0.272. The van der Waals surface area contributed by atoms with E-state index in [9.17, 15) is 13.2 Å². The van der Waals surface area contributed by atoms with Crippen LogP contribution in [-0.2, 0) is 4.75 Å². The molecule has 4 rings (SSSR count). The maximum atomic E-state index is 14.2. The van der Waals surface area contributed by atoms with Gasteiger partial charge in [-0.15, -0.1) is 0 Å². The molecule has 1 aliphatic rings. The first-order valence-electron chi connectivity index (χ1n) is 8.34. The third kappa shape index (κ3) is 3.53. The number of nitrogen functional groups attached to an aromatic ring is 1. The lowest BCUT2D eigenvalue weighted by molar-refractivity contribution is -0.159. The van der Waals surface area contributed by atoms with Gasteiger partial charge in [0.05, 0.1) is 32.2 Å². The van der Waals surface area contributed by atoms with Gasteiger partial charge in [-0.1, -0.05) is 40.9 Å². The van der Waals surface area contributed by atoms with Crippen LogP contribution in [0, 0.1) is 0 Å². The fraction of sp³-hybridized carbons (Fsp3) is 0.167. The zero-order valence-electron chi connectivity index (χ0n) is 14.8. The molecule has 0 fully saturated rings. The summed E-state index contributed by atoms with van der Waals surface area (Å²) in [6, 6.07) is 7.20. The predicted octanol–water partition coefficient (Wildman–Crippen LogP) is 6.11. The molecule has 0 saturated heterocycles. The summed E-state index contributed by atoms with van der Waals surface area (Å²) in [5, 5.41) is 3.89. The fourth-order valence-electron chi connectivity index (χ4n) is 3.12. The topological polar surface area (TPSA) is 69.1 Å². The second kappa shape index (κ2) is 7.64. The first kappa shape index (κ1) is 21.3. The molecule has 0 amide bonds. The molecule has 2 aromatic carbocycles. The highest BCUT2D eigenvalue weighted by Crippen LogP contribution is 2.57. The van der Waals surface area contributed by atoms with Crippen LogP contribution in [-0.4, -0.2) is 26.7 Å². The van der Waals surface area contributed by atoms with Gasteiger partial charge in [-0.05, 0) is 47.3 Å². The highest BCUT2D eigenvalue weighted by atomic mass is 35.5. The molecule has 156 valence electrons. The SMILES string of the molecule is Nc1cc(C2=NS[C@@](c3cc(Cl)c(Cl)c(Cl)c3)(C(F)(F)F)C2)ccc1-n1cncn1. The van der Waals surface area contributed by atoms with Crippen molar-refractivity contribution in [3.05, 3.63) is 69.2 Å². The smallest absolute Gasteiger partial charge is 0.397 e. The van der Waals surface area contributed by atoms with Gasteiger partial charge in [0.25, 0.3) is 0 Å². The number of nitrogens with two attached hydrogens (primary N) is 1. The Hall–Kier alpha value is -1.94. The van der Waals surface area contributed by atoms with Crippen molar-refractivity contribution in [2.75, 3.05) is 5.73 Å². The number of benzene rings is 2. The lowest BCUT2D eigenvalue weighted by atomic mass is 9.89. The number of nitrogens with zero attached hydrogens (tertiary/aromatic N) is 4. The minimum Gasteiger partial charge on any atom is -0.397 e. The summed E-state index contributed by atoms with van der Waals surface area (Å²) in [4.78, 5) is 3.85. The minimum absolute atomic E-state index is 0.0000187. The monoisotopic (exact) mass is 491 g/mol. The van der Waals surface area contributed by atoms with E-state index < -0.39 is 17.3 Å². The molecular weight excluding hydrogens is 482 g/mol. The summed E-state index contributed by atoms with van der Waals surface area (Å²) in [6.07, 6.45) is -2.23. The minimum atomic E-state index is -4.63. The lowest BCUT2D eigenvalue weighted by Gasteiger charge is -2.30. The van der Waals surface area contributed by atoms with E-state index in [1.165, 1.54) is 29.5 Å². The molecule has 0 saturated carbocycles. The molecule has 1 atom stereocenters. The van der Waals surface area contributed by atoms with Crippen LogP contribution in [0.5, 0.6) is 0 Å². The number of aromatic nitrogens is 3. The number of halogens is 6. The summed E-state index contributed by atoms with van der Waals surface area (Å²) >= 11 is 18.3. The Labute approximate surface area is 188 Å². The van der Waals surface area contributed by atoms with E-state index in [1.54, 1.807) is 18.2 Å². The normalized spacial score (nSPS) is 19.2. The zero-order valence-corrected chi connectivity index (χ0v) is 17.9. The average Bonchev–Trinajstić information content (AvgIpc) is 3.35. The summed E-state index contributed by atoms with van der Waals surface area (Å²) in [5.74, 6) is 0. The van der Waals surface area contributed by atoms with Crippen molar-refractivity contribution in [1.29, 1.82) is 0 Å². The van der Waals surface area contributed by atoms with E-state index in [2.05, 4.69) is 14.5 Å². The fourth-order valence-corrected chi connectivity index (χ4v) is 4.68. The van der Waals surface area contributed by atoms with Gasteiger partial charge in [0.15, 0.2) is 4.75 Å². The predicted molar refractivity (Wildman–Crippen MR) is 114 cm³/mol. The molecular formula is C18H11Cl3F3N5S. The molecule has 0 radical (unpaired) electrons. The van der Waals surface area contributed by atoms with Crippen molar-refractivity contribution in [3.8, 4) is 5.69 Å². The summed E-state index contributed by atoms with van der Waals surface area (Å²) in [7, 11) is 0. The van der Waals surface area contributed by atoms with Gasteiger partial charge in [0.1, 0.15) is 12.7 Å². The van der Waals surface area contributed by atoms with Gasteiger partial charge in [-0.25, -0.2) is 14.1 Å². The molecule has 3 aromatic rings. The molecule has 1 aromatic heterocycles. The largest absolute Gasteiger partial charge is 0.409 e. The lowest BCUT2D eigenvalue weighted by Crippen LogP contribution is -2.38. The van der Waals surface area contributed by atoms with Crippen molar-refractivity contribution < 1.29 is 13.2 Å². The molecule has 0 aliphatic carbocycles. The standard InChI is InChI=1S/C18H11Cl3F3N5S/c19-11-4-10(5-12(20)16(11)21)17(18(22,23)24)6-14(28-30-17)9-1-2-15(13(25)3-9)29-8-26-7-27-29/h1-5,7-8H,6,25H2/t17-/m0/s1. The van der Waals surface area contributed by atoms with E-state index in [0.29, 0.717) is 28.9 Å². The number of hydrogen-bond donors (Lipinski definition) is 1. The van der Waals surface area contributed by atoms with Crippen LogP contribution in [0.3, 0.4) is 0 Å². The average molecular weight is 493 g/mol. The molecule has 0 spiro atoms. The number of alkyl halides is 3. The van der Waals surface area contributed by atoms with E-state index in [0.717, 1.165) is 0 Å². The maximum absolute atomic E-state index is 14.2. The second-order valence-corrected chi connectivity index (χ2v) is 8.75. The Kier molecular flexibility index (Phi) is 5.42. The van der Waals surface area contributed by atoms with Crippen molar-refractivity contribution in [2.45, 2.75) is 17.3 Å². The highest BCUT2D eigenvalue weighted by Gasteiger charge is 2.60. The second-order valence-electron chi connectivity index (χ2n) is 6.50. The zero-order chi connectivity index (χ0) is 21.7. The van der Waals surface area contributed by atoms with E-state index in [-0.39, 0.29) is 26.3 Å². The van der Waals surface area contributed by atoms with Gasteiger partial charge in [0.2, 0.25) is 0 Å². The highest BCUT2D eigenvalue weighted by molar-refractivity contribution is 7.99. The Morgan fingerprint density at radius 2 is 1.80 bits per heavy atom. The van der Waals surface area contributed by atoms with Crippen LogP contribution in [0.1, 0.15) is 17.5 Å². The van der Waals surface area contributed by atoms with Crippen LogP contribution in [0.15, 0.2) is 47.4 Å². The van der Waals surface area contributed by atoms with Crippen LogP contribution < -0.4 is 5.73 Å². The Balaban J connectivity index is 1.72. The van der Waals surface area contributed by atoms with Crippen molar-refractivity contribution >= 4 is 58.1 Å². The van der Waals surface area contributed by atoms with Crippen molar-refractivity contribution in [2.24, 2.45) is 4.40 Å². The van der Waals surface area contributed by atoms with Gasteiger partial charge in [-0.2, -0.15) is 18.3 Å². The van der Waals surface area contributed by atoms with Gasteiger partial charge >= 0.3 is 6.18 Å². The molecule has 5 nitrogen and oxygen atoms in total. The molecule has 2 N–H and O–H groups in total. The Morgan fingerprint density at radius 1 is 1.10 bits per heavy atom. The number of rotatable bonds is 3. The van der Waals surface area contributed by atoms with Crippen LogP contribution in [0.25, 0.3) is 5.69 Å². The molecule has 0 unspecified atom stereocenters.